The van der Waals surface area contributed by atoms with Gasteiger partial charge in [-0.1, -0.05) is 27.2 Å². The van der Waals surface area contributed by atoms with Crippen molar-refractivity contribution in [2.45, 2.75) is 58.2 Å². The third kappa shape index (κ3) is 5.52. The van der Waals surface area contributed by atoms with E-state index < -0.39 is 0 Å². The van der Waals surface area contributed by atoms with Gasteiger partial charge in [-0.05, 0) is 30.9 Å². The van der Waals surface area contributed by atoms with Crippen LogP contribution in [0.5, 0.6) is 0 Å². The van der Waals surface area contributed by atoms with Crippen LogP contribution in [0, 0.1) is 5.41 Å². The first-order chi connectivity index (χ1) is 8.38. The second kappa shape index (κ2) is 8.38. The predicted octanol–water partition coefficient (Wildman–Crippen LogP) is 2.92. The molecule has 19 heavy (non-hydrogen) atoms. The second-order valence-electron chi connectivity index (χ2n) is 6.01. The summed E-state index contributed by atoms with van der Waals surface area (Å²) < 4.78 is 0. The Labute approximate surface area is 128 Å². The maximum atomic E-state index is 12.4. The molecule has 5 heteroatoms. The van der Waals surface area contributed by atoms with Gasteiger partial charge in [0.2, 0.25) is 5.91 Å². The average Bonchev–Trinajstić information content (AvgIpc) is 2.32. The number of hydrogen-bond donors (Lipinski definition) is 1. The molecule has 1 fully saturated rings. The predicted molar refractivity (Wildman–Crippen MR) is 87.0 cm³/mol. The molecule has 0 saturated carbocycles. The van der Waals surface area contributed by atoms with E-state index >= 15 is 0 Å². The van der Waals surface area contributed by atoms with E-state index in [1.54, 1.807) is 11.8 Å². The van der Waals surface area contributed by atoms with Crippen LogP contribution in [-0.4, -0.2) is 40.9 Å². The molecule has 1 heterocycles. The summed E-state index contributed by atoms with van der Waals surface area (Å²) in [6.45, 7) is 10.2. The Bertz CT molecular complexity index is 287. The molecule has 1 rings (SSSR count). The highest BCUT2D eigenvalue weighted by Gasteiger charge is 2.36. The molecule has 2 atom stereocenters. The summed E-state index contributed by atoms with van der Waals surface area (Å²) in [4.78, 5) is 14.4. The molecule has 0 aliphatic carbocycles. The molecule has 2 unspecified atom stereocenters. The monoisotopic (exact) mass is 308 g/mol. The number of hydrogen-bond acceptors (Lipinski definition) is 3. The van der Waals surface area contributed by atoms with Gasteiger partial charge in [0.15, 0.2) is 0 Å². The van der Waals surface area contributed by atoms with Crippen molar-refractivity contribution in [3.63, 3.8) is 0 Å². The van der Waals surface area contributed by atoms with Gasteiger partial charge in [0.05, 0.1) is 5.25 Å². The van der Waals surface area contributed by atoms with Gasteiger partial charge in [-0.2, -0.15) is 0 Å². The molecule has 1 aliphatic heterocycles. The number of carbonyl (C=O) groups excluding carboxylic acids is 1. The number of amides is 1. The van der Waals surface area contributed by atoms with Gasteiger partial charge < -0.3 is 10.6 Å². The number of likely N-dealkylation sites (tertiary alicyclic amines) is 1. The topological polar surface area (TPSA) is 46.3 Å². The minimum absolute atomic E-state index is 0. The molecule has 1 aliphatic rings. The fraction of sp³-hybridized carbons (Fsp3) is 0.929. The van der Waals surface area contributed by atoms with Gasteiger partial charge in [-0.25, -0.2) is 0 Å². The van der Waals surface area contributed by atoms with E-state index in [2.05, 4.69) is 20.8 Å². The number of nitrogens with two attached hydrogens (primary N) is 1. The van der Waals surface area contributed by atoms with Crippen LogP contribution in [0.25, 0.3) is 0 Å². The summed E-state index contributed by atoms with van der Waals surface area (Å²) in [7, 11) is 0. The number of halogens is 1. The maximum Gasteiger partial charge on any atom is 0.235 e. The third-order valence-electron chi connectivity index (χ3n) is 3.84. The van der Waals surface area contributed by atoms with E-state index in [9.17, 15) is 4.79 Å². The van der Waals surface area contributed by atoms with Crippen LogP contribution in [-0.2, 0) is 4.79 Å². The fourth-order valence-electron chi connectivity index (χ4n) is 2.29. The molecular weight excluding hydrogens is 280 g/mol. The smallest absolute Gasteiger partial charge is 0.235 e. The van der Waals surface area contributed by atoms with Crippen LogP contribution in [0.2, 0.25) is 0 Å². The number of thioether (sulfide) groups is 1. The lowest BCUT2D eigenvalue weighted by Gasteiger charge is -2.43. The van der Waals surface area contributed by atoms with Crippen LogP contribution >= 0.6 is 24.2 Å². The zero-order valence-electron chi connectivity index (χ0n) is 12.6. The van der Waals surface area contributed by atoms with Crippen molar-refractivity contribution in [2.24, 2.45) is 11.1 Å². The van der Waals surface area contributed by atoms with Crippen molar-refractivity contribution >= 4 is 30.1 Å². The van der Waals surface area contributed by atoms with E-state index in [0.29, 0.717) is 0 Å². The van der Waals surface area contributed by atoms with Crippen LogP contribution in [0.3, 0.4) is 0 Å². The quantitative estimate of drug-likeness (QED) is 0.794. The molecule has 0 aromatic heterocycles. The summed E-state index contributed by atoms with van der Waals surface area (Å²) in [5.41, 5.74) is 6.15. The first-order valence-corrected chi connectivity index (χ1v) is 8.09. The number of unbranched alkanes of at least 4 members (excludes halogenated alkanes) is 1. The van der Waals surface area contributed by atoms with Crippen LogP contribution < -0.4 is 5.73 Å². The minimum atomic E-state index is 0. The Morgan fingerprint density at radius 3 is 2.68 bits per heavy atom. The van der Waals surface area contributed by atoms with Gasteiger partial charge in [0.25, 0.3) is 0 Å². The van der Waals surface area contributed by atoms with Gasteiger partial charge in [0.1, 0.15) is 0 Å². The first kappa shape index (κ1) is 19.1. The van der Waals surface area contributed by atoms with Crippen LogP contribution in [0.15, 0.2) is 0 Å². The van der Waals surface area contributed by atoms with Gasteiger partial charge in [-0.15, -0.1) is 24.2 Å². The molecule has 0 aromatic rings. The van der Waals surface area contributed by atoms with Gasteiger partial charge in [-0.3, -0.25) is 4.79 Å². The summed E-state index contributed by atoms with van der Waals surface area (Å²) in [6, 6.07) is 0.213. The van der Waals surface area contributed by atoms with Crippen LogP contribution in [0.1, 0.15) is 47.0 Å². The Balaban J connectivity index is 0.00000324. The summed E-state index contributed by atoms with van der Waals surface area (Å²) >= 11 is 1.78. The largest absolute Gasteiger partial charge is 0.341 e. The highest BCUT2D eigenvalue weighted by atomic mass is 35.5. The fourth-order valence-corrected chi connectivity index (χ4v) is 3.40. The zero-order valence-corrected chi connectivity index (χ0v) is 14.3. The Morgan fingerprint density at radius 1 is 1.53 bits per heavy atom. The Hall–Kier alpha value is 0.0700. The molecule has 3 nitrogen and oxygen atoms in total. The highest BCUT2D eigenvalue weighted by Crippen LogP contribution is 2.29. The third-order valence-corrected chi connectivity index (χ3v) is 5.06. The lowest BCUT2D eigenvalue weighted by Crippen LogP contribution is -2.55. The van der Waals surface area contributed by atoms with Crippen molar-refractivity contribution in [1.29, 1.82) is 0 Å². The van der Waals surface area contributed by atoms with Gasteiger partial charge in [0, 0.05) is 19.1 Å². The van der Waals surface area contributed by atoms with Crippen molar-refractivity contribution < 1.29 is 4.79 Å². The summed E-state index contributed by atoms with van der Waals surface area (Å²) in [6.07, 6.45) is 3.31. The molecule has 0 bridgehead atoms. The average molecular weight is 309 g/mol. The zero-order chi connectivity index (χ0) is 13.8. The highest BCUT2D eigenvalue weighted by molar-refractivity contribution is 8.00. The molecular formula is C14H29ClN2OS. The van der Waals surface area contributed by atoms with Gasteiger partial charge >= 0.3 is 0 Å². The number of nitrogens with zero attached hydrogens (tertiary/aromatic N) is 1. The molecule has 1 amide bonds. The second-order valence-corrected chi connectivity index (χ2v) is 7.46. The van der Waals surface area contributed by atoms with Crippen molar-refractivity contribution in [2.75, 3.05) is 18.8 Å². The van der Waals surface area contributed by atoms with E-state index in [0.717, 1.165) is 25.3 Å². The molecule has 2 N–H and O–H groups in total. The van der Waals surface area contributed by atoms with Crippen molar-refractivity contribution in [3.8, 4) is 0 Å². The van der Waals surface area contributed by atoms with Crippen molar-refractivity contribution in [3.05, 3.63) is 0 Å². The Kier molecular flexibility index (Phi) is 8.41. The lowest BCUT2D eigenvalue weighted by molar-refractivity contribution is -0.133. The van der Waals surface area contributed by atoms with E-state index in [4.69, 9.17) is 5.73 Å². The molecule has 0 spiro atoms. The number of carbonyl (C=O) groups is 1. The first-order valence-electron chi connectivity index (χ1n) is 7.04. The van der Waals surface area contributed by atoms with E-state index in [1.165, 1.54) is 12.8 Å². The van der Waals surface area contributed by atoms with E-state index in [-0.39, 0.29) is 35.0 Å². The molecule has 0 aromatic carbocycles. The number of piperidine rings is 1. The minimum Gasteiger partial charge on any atom is -0.341 e. The maximum absolute atomic E-state index is 12.4. The molecule has 114 valence electrons. The summed E-state index contributed by atoms with van der Waals surface area (Å²) in [5.74, 6) is 1.37. The normalized spacial score (nSPS) is 23.6. The van der Waals surface area contributed by atoms with Crippen LogP contribution in [0.4, 0.5) is 0 Å². The lowest BCUT2D eigenvalue weighted by atomic mass is 9.79. The number of rotatable bonds is 5. The molecule has 1 saturated heterocycles. The SMILES string of the molecule is CCCCSC(C)C(=O)N1CCC(N)C(C)(C)C1.Cl. The van der Waals surface area contributed by atoms with Crippen molar-refractivity contribution in [1.82, 2.24) is 4.90 Å². The molecule has 0 radical (unpaired) electrons. The van der Waals surface area contributed by atoms with E-state index in [1.807, 2.05) is 11.8 Å². The standard InChI is InChI=1S/C14H28N2OS.ClH/c1-5-6-9-18-11(2)13(17)16-8-7-12(15)14(3,4)10-16;/h11-12H,5-10,15H2,1-4H3;1H. The Morgan fingerprint density at radius 2 is 2.16 bits per heavy atom. The summed E-state index contributed by atoms with van der Waals surface area (Å²) in [5, 5.41) is 0.0849.